The lowest BCUT2D eigenvalue weighted by atomic mass is 9.82. The first kappa shape index (κ1) is 31.5. The summed E-state index contributed by atoms with van der Waals surface area (Å²) in [6, 6.07) is 65.4. The van der Waals surface area contributed by atoms with Crippen LogP contribution in [-0.4, -0.2) is 0 Å². The molecule has 0 spiro atoms. The Morgan fingerprint density at radius 1 is 0.340 bits per heavy atom. The molecule has 2 aliphatic carbocycles. The predicted octanol–water partition coefficient (Wildman–Crippen LogP) is 14.3. The van der Waals surface area contributed by atoms with E-state index in [0.29, 0.717) is 0 Å². The van der Waals surface area contributed by atoms with Crippen molar-refractivity contribution in [3.63, 3.8) is 0 Å². The molecule has 0 fully saturated rings. The van der Waals surface area contributed by atoms with E-state index in [4.69, 9.17) is 0 Å². The Bertz CT molecular complexity index is 2590. The van der Waals surface area contributed by atoms with Crippen molar-refractivity contribution >= 4 is 27.8 Å². The summed E-state index contributed by atoms with van der Waals surface area (Å²) in [6.45, 7) is 9.38. The predicted molar refractivity (Wildman–Crippen MR) is 225 cm³/mol. The standard InChI is InChI=1S/C52H41N/c1-51(2)46-23-9-7-21-42(46)44-32-37(26-28-48(44)51)35-16-11-18-39(30-35)53(50-25-13-15-34-14-5-6-20-41(34)50)40-19-12-17-36(31-40)38-27-29-49-45(33-38)43-22-8-10-24-47(43)52(49,3)4/h5-33H,1-4H3. The van der Waals surface area contributed by atoms with Crippen molar-refractivity contribution in [2.24, 2.45) is 0 Å². The Hall–Kier alpha value is -6.18. The van der Waals surface area contributed by atoms with E-state index in [-0.39, 0.29) is 10.8 Å². The van der Waals surface area contributed by atoms with Gasteiger partial charge >= 0.3 is 0 Å². The molecule has 0 saturated heterocycles. The first-order valence-corrected chi connectivity index (χ1v) is 18.8. The van der Waals surface area contributed by atoms with Crippen LogP contribution in [0.1, 0.15) is 49.9 Å². The fraction of sp³-hybridized carbons (Fsp3) is 0.115. The fourth-order valence-corrected chi connectivity index (χ4v) is 9.28. The van der Waals surface area contributed by atoms with E-state index in [2.05, 4.69) is 209 Å². The Labute approximate surface area is 312 Å². The number of rotatable bonds is 5. The molecule has 0 aliphatic heterocycles. The molecular formula is C52H41N. The van der Waals surface area contributed by atoms with Gasteiger partial charge in [-0.15, -0.1) is 0 Å². The second-order valence-electron chi connectivity index (χ2n) is 15.8. The molecule has 0 heterocycles. The topological polar surface area (TPSA) is 3.24 Å². The van der Waals surface area contributed by atoms with Crippen LogP contribution < -0.4 is 4.90 Å². The lowest BCUT2D eigenvalue weighted by molar-refractivity contribution is 0.660. The minimum Gasteiger partial charge on any atom is -0.310 e. The summed E-state index contributed by atoms with van der Waals surface area (Å²) in [5.41, 5.74) is 19.2. The smallest absolute Gasteiger partial charge is 0.0540 e. The minimum absolute atomic E-state index is 0.0130. The first-order chi connectivity index (χ1) is 25.8. The van der Waals surface area contributed by atoms with Gasteiger partial charge in [0.1, 0.15) is 0 Å². The average Bonchev–Trinajstić information content (AvgIpc) is 3.57. The largest absolute Gasteiger partial charge is 0.310 e. The van der Waals surface area contributed by atoms with Crippen molar-refractivity contribution in [1.82, 2.24) is 0 Å². The summed E-state index contributed by atoms with van der Waals surface area (Å²) in [5, 5.41) is 2.45. The zero-order chi connectivity index (χ0) is 35.9. The van der Waals surface area contributed by atoms with Crippen LogP contribution in [0.5, 0.6) is 0 Å². The molecule has 0 radical (unpaired) electrons. The molecular weight excluding hydrogens is 639 g/mol. The van der Waals surface area contributed by atoms with Gasteiger partial charge in [0, 0.05) is 27.6 Å². The number of fused-ring (bicyclic) bond motifs is 7. The van der Waals surface area contributed by atoms with Gasteiger partial charge in [-0.2, -0.15) is 0 Å². The van der Waals surface area contributed by atoms with Crippen LogP contribution in [0.2, 0.25) is 0 Å². The lowest BCUT2D eigenvalue weighted by Gasteiger charge is -2.28. The van der Waals surface area contributed by atoms with Crippen molar-refractivity contribution in [2.75, 3.05) is 4.90 Å². The van der Waals surface area contributed by atoms with Gasteiger partial charge in [0.2, 0.25) is 0 Å². The molecule has 10 rings (SSSR count). The molecule has 0 unspecified atom stereocenters. The van der Waals surface area contributed by atoms with Crippen LogP contribution in [0.15, 0.2) is 176 Å². The van der Waals surface area contributed by atoms with Crippen molar-refractivity contribution in [3.05, 3.63) is 198 Å². The number of anilines is 3. The molecule has 8 aromatic rings. The molecule has 0 bridgehead atoms. The van der Waals surface area contributed by atoms with Gasteiger partial charge in [-0.1, -0.05) is 161 Å². The molecule has 1 nitrogen and oxygen atoms in total. The van der Waals surface area contributed by atoms with Crippen molar-refractivity contribution in [3.8, 4) is 44.5 Å². The highest BCUT2D eigenvalue weighted by molar-refractivity contribution is 5.99. The Balaban J connectivity index is 1.11. The maximum absolute atomic E-state index is 2.44. The van der Waals surface area contributed by atoms with Crippen molar-refractivity contribution in [1.29, 1.82) is 0 Å². The molecule has 0 N–H and O–H groups in total. The Morgan fingerprint density at radius 3 is 1.34 bits per heavy atom. The Morgan fingerprint density at radius 2 is 0.774 bits per heavy atom. The number of nitrogens with zero attached hydrogens (tertiary/aromatic N) is 1. The first-order valence-electron chi connectivity index (χ1n) is 18.8. The van der Waals surface area contributed by atoms with Crippen LogP contribution in [0.3, 0.4) is 0 Å². The maximum Gasteiger partial charge on any atom is 0.0540 e. The molecule has 0 aromatic heterocycles. The zero-order valence-electron chi connectivity index (χ0n) is 30.7. The summed E-state index contributed by atoms with van der Waals surface area (Å²) in [5.74, 6) is 0. The van der Waals surface area contributed by atoms with Crippen LogP contribution in [-0.2, 0) is 10.8 Å². The van der Waals surface area contributed by atoms with Crippen LogP contribution in [0.25, 0.3) is 55.3 Å². The van der Waals surface area contributed by atoms with Gasteiger partial charge in [-0.05, 0) is 115 Å². The van der Waals surface area contributed by atoms with Gasteiger partial charge in [0.15, 0.2) is 0 Å². The zero-order valence-corrected chi connectivity index (χ0v) is 30.7. The summed E-state index contributed by atoms with van der Waals surface area (Å²) in [7, 11) is 0. The van der Waals surface area contributed by atoms with Crippen LogP contribution in [0.4, 0.5) is 17.1 Å². The molecule has 53 heavy (non-hydrogen) atoms. The van der Waals surface area contributed by atoms with Gasteiger partial charge in [-0.25, -0.2) is 0 Å². The highest BCUT2D eigenvalue weighted by atomic mass is 15.1. The number of hydrogen-bond acceptors (Lipinski definition) is 1. The molecule has 0 atom stereocenters. The fourth-order valence-electron chi connectivity index (χ4n) is 9.28. The summed E-state index contributed by atoms with van der Waals surface area (Å²) < 4.78 is 0. The van der Waals surface area contributed by atoms with Gasteiger partial charge in [0.25, 0.3) is 0 Å². The third kappa shape index (κ3) is 4.84. The number of benzene rings is 8. The van der Waals surface area contributed by atoms with Crippen molar-refractivity contribution in [2.45, 2.75) is 38.5 Å². The molecule has 8 aromatic carbocycles. The molecule has 254 valence electrons. The van der Waals surface area contributed by atoms with E-state index in [9.17, 15) is 0 Å². The molecule has 0 saturated carbocycles. The summed E-state index contributed by atoms with van der Waals surface area (Å²) in [4.78, 5) is 2.44. The average molecular weight is 680 g/mol. The second-order valence-corrected chi connectivity index (χ2v) is 15.8. The van der Waals surface area contributed by atoms with Gasteiger partial charge in [-0.3, -0.25) is 0 Å². The molecule has 2 aliphatic rings. The van der Waals surface area contributed by atoms with E-state index in [0.717, 1.165) is 17.1 Å². The van der Waals surface area contributed by atoms with Crippen LogP contribution in [0, 0.1) is 0 Å². The quantitative estimate of drug-likeness (QED) is 0.175. The highest BCUT2D eigenvalue weighted by Gasteiger charge is 2.36. The monoisotopic (exact) mass is 679 g/mol. The molecule has 0 amide bonds. The highest BCUT2D eigenvalue weighted by Crippen LogP contribution is 2.51. The van der Waals surface area contributed by atoms with Gasteiger partial charge < -0.3 is 4.90 Å². The summed E-state index contributed by atoms with van der Waals surface area (Å²) in [6.07, 6.45) is 0. The SMILES string of the molecule is CC1(C)c2ccccc2-c2cc(-c3cccc(N(c4cccc(-c5ccc6c(c5)-c5ccccc5C6(C)C)c4)c4cccc5ccccc45)c3)ccc21. The normalized spacial score (nSPS) is 14.3. The van der Waals surface area contributed by atoms with E-state index < -0.39 is 0 Å². The van der Waals surface area contributed by atoms with Crippen LogP contribution >= 0.6 is 0 Å². The molecule has 1 heteroatoms. The third-order valence-electron chi connectivity index (χ3n) is 12.0. The van der Waals surface area contributed by atoms with E-state index >= 15 is 0 Å². The third-order valence-corrected chi connectivity index (χ3v) is 12.0. The van der Waals surface area contributed by atoms with Gasteiger partial charge in [0.05, 0.1) is 5.69 Å². The van der Waals surface area contributed by atoms with E-state index in [1.165, 1.54) is 77.5 Å². The van der Waals surface area contributed by atoms with E-state index in [1.807, 2.05) is 0 Å². The number of hydrogen-bond donors (Lipinski definition) is 0. The van der Waals surface area contributed by atoms with Crippen molar-refractivity contribution < 1.29 is 0 Å². The second kappa shape index (κ2) is 11.7. The van der Waals surface area contributed by atoms with E-state index in [1.54, 1.807) is 0 Å². The maximum atomic E-state index is 2.44. The lowest BCUT2D eigenvalue weighted by Crippen LogP contribution is -2.14. The Kier molecular flexibility index (Phi) is 6.94. The minimum atomic E-state index is -0.0130. The summed E-state index contributed by atoms with van der Waals surface area (Å²) >= 11 is 0.